The highest BCUT2D eigenvalue weighted by atomic mass is 35.5. The minimum atomic E-state index is -1.10. The molecule has 1 nitrogen and oxygen atoms in total. The number of alkyl halides is 1. The van der Waals surface area contributed by atoms with E-state index in [4.69, 9.17) is 11.6 Å². The molecule has 0 radical (unpaired) electrons. The van der Waals surface area contributed by atoms with E-state index in [1.165, 1.54) is 12.1 Å². The van der Waals surface area contributed by atoms with E-state index in [0.717, 1.165) is 0 Å². The molecule has 0 amide bonds. The summed E-state index contributed by atoms with van der Waals surface area (Å²) in [5.74, 6) is 0. The maximum Gasteiger partial charge on any atom is 0.116 e. The van der Waals surface area contributed by atoms with Gasteiger partial charge in [0.15, 0.2) is 0 Å². The molecule has 0 N–H and O–H groups in total. The summed E-state index contributed by atoms with van der Waals surface area (Å²) in [5, 5.41) is 0. The average Bonchev–Trinajstić information content (AvgIpc) is 2.01. The Kier molecular flexibility index (Phi) is 2.80. The van der Waals surface area contributed by atoms with Crippen LogP contribution >= 0.6 is 11.6 Å². The summed E-state index contributed by atoms with van der Waals surface area (Å²) in [4.78, 5) is 0. The molecule has 1 unspecified atom stereocenters. The van der Waals surface area contributed by atoms with E-state index in [1.807, 2.05) is 0 Å². The molecule has 1 fully saturated rings. The van der Waals surface area contributed by atoms with Crippen LogP contribution in [0.2, 0.25) is 38.3 Å². The summed E-state index contributed by atoms with van der Waals surface area (Å²) in [6, 6.07) is 2.90. The van der Waals surface area contributed by atoms with Crippen LogP contribution in [0.1, 0.15) is 6.92 Å². The summed E-state index contributed by atoms with van der Waals surface area (Å²) in [7, 11) is -2.21. The summed E-state index contributed by atoms with van der Waals surface area (Å²) >= 11 is 6.25. The van der Waals surface area contributed by atoms with Crippen molar-refractivity contribution in [2.24, 2.45) is 0 Å². The molecule has 1 aliphatic heterocycles. The quantitative estimate of drug-likeness (QED) is 0.373. The molecule has 0 aromatic rings. The van der Waals surface area contributed by atoms with Crippen molar-refractivity contribution in [3.63, 3.8) is 0 Å². The highest BCUT2D eigenvalue weighted by molar-refractivity contribution is 6.95. The van der Waals surface area contributed by atoms with Crippen molar-refractivity contribution >= 4 is 28.1 Å². The molecule has 0 bridgehead atoms. The second kappa shape index (κ2) is 3.12. The zero-order valence-electron chi connectivity index (χ0n) is 8.82. The van der Waals surface area contributed by atoms with Gasteiger partial charge in [-0.1, -0.05) is 26.2 Å². The largest absolute Gasteiger partial charge is 0.330 e. The Hall–Kier alpha value is 0.684. The second-order valence-corrected chi connectivity index (χ2v) is 15.4. The standard InChI is InChI=1S/C8H20ClNSi2/c1-8(9)10-11(2,3)6-7-12(10,4)5/h8H,6-7H2,1-5H3. The van der Waals surface area contributed by atoms with Crippen LogP contribution in [0.3, 0.4) is 0 Å². The van der Waals surface area contributed by atoms with E-state index in [0.29, 0.717) is 0 Å². The van der Waals surface area contributed by atoms with Gasteiger partial charge in [0, 0.05) is 0 Å². The lowest BCUT2D eigenvalue weighted by Crippen LogP contribution is -2.57. The van der Waals surface area contributed by atoms with Gasteiger partial charge in [-0.2, -0.15) is 0 Å². The van der Waals surface area contributed by atoms with Gasteiger partial charge >= 0.3 is 0 Å². The number of hydrogen-bond donors (Lipinski definition) is 0. The van der Waals surface area contributed by atoms with E-state index in [9.17, 15) is 0 Å². The predicted octanol–water partition coefficient (Wildman–Crippen LogP) is 3.30. The fourth-order valence-corrected chi connectivity index (χ4v) is 18.7. The number of hydrogen-bond acceptors (Lipinski definition) is 1. The fraction of sp³-hybridized carbons (Fsp3) is 1.00. The van der Waals surface area contributed by atoms with Gasteiger partial charge in [0.25, 0.3) is 0 Å². The predicted molar refractivity (Wildman–Crippen MR) is 61.7 cm³/mol. The molecule has 0 aromatic heterocycles. The smallest absolute Gasteiger partial charge is 0.116 e. The second-order valence-electron chi connectivity index (χ2n) is 5.07. The summed E-state index contributed by atoms with van der Waals surface area (Å²) in [6.45, 7) is 11.9. The number of halogens is 1. The van der Waals surface area contributed by atoms with E-state index in [-0.39, 0.29) is 5.50 Å². The van der Waals surface area contributed by atoms with Gasteiger partial charge in [-0.3, -0.25) is 0 Å². The monoisotopic (exact) mass is 221 g/mol. The highest BCUT2D eigenvalue weighted by Crippen LogP contribution is 2.39. The van der Waals surface area contributed by atoms with Crippen LogP contribution in [0.5, 0.6) is 0 Å². The summed E-state index contributed by atoms with van der Waals surface area (Å²) in [6.07, 6.45) is 0. The van der Waals surface area contributed by atoms with Crippen LogP contribution in [-0.4, -0.2) is 26.2 Å². The van der Waals surface area contributed by atoms with Gasteiger partial charge in [0.05, 0.1) is 5.50 Å². The van der Waals surface area contributed by atoms with E-state index in [2.05, 4.69) is 37.3 Å². The van der Waals surface area contributed by atoms with Crippen molar-refractivity contribution in [1.29, 1.82) is 0 Å². The molecule has 4 heteroatoms. The lowest BCUT2D eigenvalue weighted by Gasteiger charge is -2.40. The van der Waals surface area contributed by atoms with Crippen LogP contribution in [0.25, 0.3) is 0 Å². The maximum atomic E-state index is 6.25. The Morgan fingerprint density at radius 3 is 1.58 bits per heavy atom. The van der Waals surface area contributed by atoms with Crippen molar-refractivity contribution in [3.8, 4) is 0 Å². The molecule has 0 aromatic carbocycles. The molecule has 0 saturated carbocycles. The Balaban J connectivity index is 2.89. The van der Waals surface area contributed by atoms with Crippen molar-refractivity contribution < 1.29 is 0 Å². The minimum absolute atomic E-state index is 0.260. The SMILES string of the molecule is CC(Cl)N1[Si](C)(C)CC[Si]1(C)C. The molecule has 12 heavy (non-hydrogen) atoms. The molecule has 0 spiro atoms. The van der Waals surface area contributed by atoms with Gasteiger partial charge in [-0.25, -0.2) is 0 Å². The van der Waals surface area contributed by atoms with Gasteiger partial charge in [-0.05, 0) is 19.0 Å². The third-order valence-corrected chi connectivity index (χ3v) is 14.0. The van der Waals surface area contributed by atoms with E-state index in [1.54, 1.807) is 0 Å². The highest BCUT2D eigenvalue weighted by Gasteiger charge is 2.48. The normalized spacial score (nSPS) is 30.5. The first-order valence-corrected chi connectivity index (χ1v) is 11.5. The zero-order valence-corrected chi connectivity index (χ0v) is 11.6. The van der Waals surface area contributed by atoms with Gasteiger partial charge in [0.2, 0.25) is 0 Å². The Bertz CT molecular complexity index is 164. The number of nitrogens with zero attached hydrogens (tertiary/aromatic N) is 1. The molecule has 1 saturated heterocycles. The zero-order chi connectivity index (χ0) is 9.57. The lowest BCUT2D eigenvalue weighted by molar-refractivity contribution is 0.610. The van der Waals surface area contributed by atoms with Crippen molar-refractivity contribution in [2.75, 3.05) is 0 Å². The van der Waals surface area contributed by atoms with Crippen LogP contribution in [0.15, 0.2) is 0 Å². The topological polar surface area (TPSA) is 3.24 Å². The molecule has 1 aliphatic rings. The van der Waals surface area contributed by atoms with Crippen LogP contribution in [-0.2, 0) is 0 Å². The Morgan fingerprint density at radius 1 is 1.08 bits per heavy atom. The van der Waals surface area contributed by atoms with Crippen LogP contribution in [0, 0.1) is 0 Å². The summed E-state index contributed by atoms with van der Waals surface area (Å²) in [5.41, 5.74) is 0.260. The first kappa shape index (κ1) is 10.8. The molecule has 1 heterocycles. The van der Waals surface area contributed by atoms with Gasteiger partial charge < -0.3 is 4.23 Å². The first-order chi connectivity index (χ1) is 5.27. The molecule has 1 rings (SSSR count). The molecular weight excluding hydrogens is 202 g/mol. The van der Waals surface area contributed by atoms with Crippen molar-refractivity contribution in [3.05, 3.63) is 0 Å². The summed E-state index contributed by atoms with van der Waals surface area (Å²) < 4.78 is 2.70. The molecule has 1 atom stereocenters. The fourth-order valence-electron chi connectivity index (χ4n) is 2.64. The van der Waals surface area contributed by atoms with E-state index < -0.39 is 16.5 Å². The van der Waals surface area contributed by atoms with Gasteiger partial charge in [0.1, 0.15) is 16.5 Å². The Morgan fingerprint density at radius 2 is 1.42 bits per heavy atom. The van der Waals surface area contributed by atoms with Crippen molar-refractivity contribution in [1.82, 2.24) is 4.23 Å². The lowest BCUT2D eigenvalue weighted by atomic mass is 10.8. The van der Waals surface area contributed by atoms with Gasteiger partial charge in [-0.15, -0.1) is 11.6 Å². The first-order valence-electron chi connectivity index (χ1n) is 4.71. The molecule has 0 aliphatic carbocycles. The third-order valence-electron chi connectivity index (χ3n) is 3.01. The van der Waals surface area contributed by atoms with E-state index >= 15 is 0 Å². The van der Waals surface area contributed by atoms with Crippen LogP contribution in [0.4, 0.5) is 0 Å². The van der Waals surface area contributed by atoms with Crippen LogP contribution < -0.4 is 0 Å². The maximum absolute atomic E-state index is 6.25. The third kappa shape index (κ3) is 1.79. The average molecular weight is 222 g/mol. The molecular formula is C8H20ClNSi2. The van der Waals surface area contributed by atoms with Crippen molar-refractivity contribution in [2.45, 2.75) is 50.7 Å². The molecule has 72 valence electrons. The number of rotatable bonds is 1. The Labute approximate surface area is 83.3 Å². The minimum Gasteiger partial charge on any atom is -0.330 e.